The summed E-state index contributed by atoms with van der Waals surface area (Å²) in [4.78, 5) is 6.86. The van der Waals surface area contributed by atoms with Gasteiger partial charge in [0, 0.05) is 11.4 Å². The number of rotatable bonds is 3. The summed E-state index contributed by atoms with van der Waals surface area (Å²) >= 11 is 1.58. The van der Waals surface area contributed by atoms with Gasteiger partial charge in [-0.25, -0.2) is 12.8 Å². The number of amidine groups is 1. The quantitative estimate of drug-likeness (QED) is 0.782. The summed E-state index contributed by atoms with van der Waals surface area (Å²) in [6.07, 6.45) is 0. The van der Waals surface area contributed by atoms with Crippen molar-refractivity contribution in [3.63, 3.8) is 0 Å². The molecule has 0 saturated carbocycles. The molecule has 0 bridgehead atoms. The summed E-state index contributed by atoms with van der Waals surface area (Å²) in [5.41, 5.74) is 4.25. The number of aliphatic imine (C=N–C) groups is 1. The predicted molar refractivity (Wildman–Crippen MR) is 110 cm³/mol. The number of thioether (sulfide) groups is 1. The summed E-state index contributed by atoms with van der Waals surface area (Å²) in [6, 6.07) is 12.3. The molecule has 1 fully saturated rings. The summed E-state index contributed by atoms with van der Waals surface area (Å²) in [5, 5.41) is 0.845. The Hall–Kier alpha value is -1.86. The van der Waals surface area contributed by atoms with Gasteiger partial charge in [-0.05, 0) is 48.7 Å². The van der Waals surface area contributed by atoms with Crippen molar-refractivity contribution in [1.29, 1.82) is 0 Å². The largest absolute Gasteiger partial charge is 0.315 e. The molecule has 0 N–H and O–H groups in total. The molecule has 0 amide bonds. The minimum atomic E-state index is -3.06. The Morgan fingerprint density at radius 1 is 1.15 bits per heavy atom. The number of hydrogen-bond donors (Lipinski definition) is 0. The van der Waals surface area contributed by atoms with Crippen LogP contribution in [0.3, 0.4) is 0 Å². The first-order valence-electron chi connectivity index (χ1n) is 8.84. The molecule has 7 heteroatoms. The topological polar surface area (TPSA) is 49.7 Å². The highest BCUT2D eigenvalue weighted by Crippen LogP contribution is 2.37. The van der Waals surface area contributed by atoms with Gasteiger partial charge in [-0.3, -0.25) is 4.99 Å². The molecule has 2 heterocycles. The second-order valence-corrected chi connectivity index (χ2v) is 10.3. The van der Waals surface area contributed by atoms with Gasteiger partial charge in [-0.2, -0.15) is 0 Å². The van der Waals surface area contributed by atoms with Gasteiger partial charge in [-0.1, -0.05) is 36.0 Å². The standard InChI is InChI=1S/C20H21FN2O2S2/c1-13-3-4-14(2)18(9-13)23-19-12-27(24,25)11-17(19)22-20(23)26-10-15-5-7-16(21)8-6-15/h3-9,17,19H,10-12H2,1-2H3. The Kier molecular flexibility index (Phi) is 4.76. The molecule has 0 spiro atoms. The number of benzene rings is 2. The van der Waals surface area contributed by atoms with Gasteiger partial charge < -0.3 is 4.90 Å². The van der Waals surface area contributed by atoms with Crippen LogP contribution < -0.4 is 4.90 Å². The third-order valence-electron chi connectivity index (χ3n) is 5.01. The molecule has 2 aromatic rings. The van der Waals surface area contributed by atoms with E-state index >= 15 is 0 Å². The van der Waals surface area contributed by atoms with Crippen molar-refractivity contribution in [2.45, 2.75) is 31.7 Å². The molecule has 0 aliphatic carbocycles. The number of fused-ring (bicyclic) bond motifs is 1. The van der Waals surface area contributed by atoms with E-state index in [9.17, 15) is 12.8 Å². The second-order valence-electron chi connectivity index (χ2n) is 7.20. The Bertz CT molecular complexity index is 1000. The molecule has 1 saturated heterocycles. The third kappa shape index (κ3) is 3.75. The second kappa shape index (κ2) is 6.95. The normalized spacial score (nSPS) is 23.4. The molecule has 27 heavy (non-hydrogen) atoms. The lowest BCUT2D eigenvalue weighted by Gasteiger charge is -2.28. The third-order valence-corrected chi connectivity index (χ3v) is 7.75. The number of nitrogens with zero attached hydrogens (tertiary/aromatic N) is 2. The minimum Gasteiger partial charge on any atom is -0.315 e. The van der Waals surface area contributed by atoms with Gasteiger partial charge in [0.05, 0.1) is 23.6 Å². The predicted octanol–water partition coefficient (Wildman–Crippen LogP) is 3.72. The van der Waals surface area contributed by atoms with E-state index in [1.807, 2.05) is 13.8 Å². The molecule has 2 aliphatic rings. The van der Waals surface area contributed by atoms with Gasteiger partial charge in [-0.15, -0.1) is 0 Å². The molecule has 142 valence electrons. The fourth-order valence-electron chi connectivity index (χ4n) is 3.62. The Labute approximate surface area is 163 Å². The first kappa shape index (κ1) is 18.5. The van der Waals surface area contributed by atoms with E-state index < -0.39 is 9.84 Å². The Morgan fingerprint density at radius 3 is 2.63 bits per heavy atom. The Balaban J connectivity index is 1.65. The molecule has 4 nitrogen and oxygen atoms in total. The summed E-state index contributed by atoms with van der Waals surface area (Å²) in [5.74, 6) is 0.653. The maximum Gasteiger partial charge on any atom is 0.164 e. The van der Waals surface area contributed by atoms with E-state index in [-0.39, 0.29) is 29.4 Å². The van der Waals surface area contributed by atoms with Crippen LogP contribution in [0.5, 0.6) is 0 Å². The van der Waals surface area contributed by atoms with Crippen molar-refractivity contribution >= 4 is 32.5 Å². The lowest BCUT2D eigenvalue weighted by molar-refractivity contribution is 0.601. The van der Waals surface area contributed by atoms with Crippen molar-refractivity contribution in [1.82, 2.24) is 0 Å². The number of halogens is 1. The molecular weight excluding hydrogens is 383 g/mol. The zero-order chi connectivity index (χ0) is 19.2. The summed E-state index contributed by atoms with van der Waals surface area (Å²) in [6.45, 7) is 4.07. The van der Waals surface area contributed by atoms with Gasteiger partial charge in [0.15, 0.2) is 15.0 Å². The van der Waals surface area contributed by atoms with Crippen molar-refractivity contribution in [2.24, 2.45) is 4.99 Å². The molecule has 2 atom stereocenters. The number of sulfone groups is 1. The van der Waals surface area contributed by atoms with Crippen LogP contribution in [0.15, 0.2) is 47.5 Å². The molecule has 0 radical (unpaired) electrons. The SMILES string of the molecule is Cc1ccc(C)c(N2C(SCc3ccc(F)cc3)=NC3CS(=O)(=O)CC32)c1. The fraction of sp³-hybridized carbons (Fsp3) is 0.350. The van der Waals surface area contributed by atoms with Crippen molar-refractivity contribution < 1.29 is 12.8 Å². The lowest BCUT2D eigenvalue weighted by Crippen LogP contribution is -2.39. The highest BCUT2D eigenvalue weighted by Gasteiger charge is 2.47. The van der Waals surface area contributed by atoms with Gasteiger partial charge in [0.1, 0.15) is 5.82 Å². The Morgan fingerprint density at radius 2 is 1.89 bits per heavy atom. The molecule has 4 rings (SSSR count). The van der Waals surface area contributed by atoms with Crippen LogP contribution in [0.1, 0.15) is 16.7 Å². The van der Waals surface area contributed by atoms with E-state index in [2.05, 4.69) is 23.1 Å². The first-order valence-corrected chi connectivity index (χ1v) is 11.6. The zero-order valence-electron chi connectivity index (χ0n) is 15.2. The van der Waals surface area contributed by atoms with Crippen LogP contribution >= 0.6 is 11.8 Å². The smallest absolute Gasteiger partial charge is 0.164 e. The van der Waals surface area contributed by atoms with Crippen LogP contribution in [0, 0.1) is 19.7 Å². The lowest BCUT2D eigenvalue weighted by atomic mass is 10.1. The average molecular weight is 405 g/mol. The number of hydrogen-bond acceptors (Lipinski definition) is 5. The van der Waals surface area contributed by atoms with Crippen LogP contribution in [-0.4, -0.2) is 37.2 Å². The van der Waals surface area contributed by atoms with Crippen LogP contribution in [0.4, 0.5) is 10.1 Å². The first-order chi connectivity index (χ1) is 12.8. The molecular formula is C20H21FN2O2S2. The monoisotopic (exact) mass is 404 g/mol. The van der Waals surface area contributed by atoms with E-state index in [1.54, 1.807) is 23.9 Å². The van der Waals surface area contributed by atoms with Crippen LogP contribution in [0.25, 0.3) is 0 Å². The maximum absolute atomic E-state index is 13.1. The van der Waals surface area contributed by atoms with Crippen molar-refractivity contribution in [3.05, 3.63) is 65.0 Å². The number of anilines is 1. The van der Waals surface area contributed by atoms with Crippen molar-refractivity contribution in [3.8, 4) is 0 Å². The highest BCUT2D eigenvalue weighted by molar-refractivity contribution is 8.13. The van der Waals surface area contributed by atoms with Gasteiger partial charge in [0.25, 0.3) is 0 Å². The van der Waals surface area contributed by atoms with E-state index in [0.717, 1.165) is 27.5 Å². The maximum atomic E-state index is 13.1. The molecule has 0 aromatic heterocycles. The van der Waals surface area contributed by atoms with Gasteiger partial charge >= 0.3 is 0 Å². The van der Waals surface area contributed by atoms with Crippen molar-refractivity contribution in [2.75, 3.05) is 16.4 Å². The highest BCUT2D eigenvalue weighted by atomic mass is 32.2. The van der Waals surface area contributed by atoms with Crippen LogP contribution in [0.2, 0.25) is 0 Å². The summed E-state index contributed by atoms with van der Waals surface area (Å²) < 4.78 is 37.4. The molecule has 2 aromatic carbocycles. The number of aryl methyl sites for hydroxylation is 2. The van der Waals surface area contributed by atoms with E-state index in [4.69, 9.17) is 4.99 Å². The fourth-order valence-corrected chi connectivity index (χ4v) is 6.54. The van der Waals surface area contributed by atoms with E-state index in [0.29, 0.717) is 5.75 Å². The van der Waals surface area contributed by atoms with Gasteiger partial charge in [0.2, 0.25) is 0 Å². The minimum absolute atomic E-state index is 0.111. The summed E-state index contributed by atoms with van der Waals surface area (Å²) in [7, 11) is -3.06. The zero-order valence-corrected chi connectivity index (χ0v) is 16.9. The van der Waals surface area contributed by atoms with E-state index in [1.165, 1.54) is 12.1 Å². The molecule has 2 unspecified atom stereocenters. The average Bonchev–Trinajstić information content (AvgIpc) is 3.08. The van der Waals surface area contributed by atoms with Crippen LogP contribution in [-0.2, 0) is 15.6 Å². The molecule has 2 aliphatic heterocycles.